The van der Waals surface area contributed by atoms with E-state index in [9.17, 15) is 4.79 Å². The third kappa shape index (κ3) is 3.26. The highest BCUT2D eigenvalue weighted by atomic mass is 16.4. The molecule has 0 spiro atoms. The van der Waals surface area contributed by atoms with Crippen LogP contribution in [0.25, 0.3) is 0 Å². The van der Waals surface area contributed by atoms with E-state index in [2.05, 4.69) is 19.2 Å². The number of aryl methyl sites for hydroxylation is 1. The van der Waals surface area contributed by atoms with Gasteiger partial charge in [0.25, 0.3) is 0 Å². The van der Waals surface area contributed by atoms with Crippen molar-refractivity contribution in [2.24, 2.45) is 0 Å². The van der Waals surface area contributed by atoms with E-state index in [0.29, 0.717) is 17.3 Å². The molecule has 1 aromatic carbocycles. The Morgan fingerprint density at radius 3 is 2.75 bits per heavy atom. The highest BCUT2D eigenvalue weighted by Gasteiger charge is 2.11. The van der Waals surface area contributed by atoms with Gasteiger partial charge in [0.2, 0.25) is 0 Å². The van der Waals surface area contributed by atoms with Crippen LogP contribution in [0.4, 0.5) is 5.69 Å². The second kappa shape index (κ2) is 5.54. The molecule has 0 amide bonds. The minimum Gasteiger partial charge on any atom is -0.478 e. The van der Waals surface area contributed by atoms with Crippen molar-refractivity contribution in [3.63, 3.8) is 0 Å². The highest BCUT2D eigenvalue weighted by molar-refractivity contribution is 5.94. The molecule has 0 heterocycles. The van der Waals surface area contributed by atoms with E-state index in [-0.39, 0.29) is 0 Å². The zero-order valence-corrected chi connectivity index (χ0v) is 10.1. The summed E-state index contributed by atoms with van der Waals surface area (Å²) in [6.45, 7) is 6.08. The number of rotatable bonds is 5. The number of benzene rings is 1. The Bertz CT molecular complexity index is 374. The zero-order chi connectivity index (χ0) is 12.1. The second-order valence-electron chi connectivity index (χ2n) is 4.19. The predicted octanol–water partition coefficient (Wildman–Crippen LogP) is 3.29. The summed E-state index contributed by atoms with van der Waals surface area (Å²) in [5, 5.41) is 12.3. The smallest absolute Gasteiger partial charge is 0.337 e. The molecule has 0 aliphatic heterocycles. The van der Waals surface area contributed by atoms with Gasteiger partial charge in [0.15, 0.2) is 0 Å². The topological polar surface area (TPSA) is 49.3 Å². The Morgan fingerprint density at radius 1 is 1.50 bits per heavy atom. The lowest BCUT2D eigenvalue weighted by Crippen LogP contribution is -2.17. The van der Waals surface area contributed by atoms with E-state index >= 15 is 0 Å². The van der Waals surface area contributed by atoms with Crippen LogP contribution in [0.15, 0.2) is 18.2 Å². The average molecular weight is 221 g/mol. The standard InChI is InChI=1S/C13H19NO2/c1-4-5-10(3)14-12-7-6-9(2)8-11(12)13(15)16/h6-8,10,14H,4-5H2,1-3H3,(H,15,16). The highest BCUT2D eigenvalue weighted by Crippen LogP contribution is 2.19. The summed E-state index contributed by atoms with van der Waals surface area (Å²) < 4.78 is 0. The summed E-state index contributed by atoms with van der Waals surface area (Å²) in [5.41, 5.74) is 2.02. The largest absolute Gasteiger partial charge is 0.478 e. The van der Waals surface area contributed by atoms with Crippen LogP contribution in [0.1, 0.15) is 42.6 Å². The van der Waals surface area contributed by atoms with Crippen LogP contribution in [0.2, 0.25) is 0 Å². The third-order valence-electron chi connectivity index (χ3n) is 2.53. The van der Waals surface area contributed by atoms with Gasteiger partial charge in [-0.1, -0.05) is 25.0 Å². The van der Waals surface area contributed by atoms with E-state index in [1.165, 1.54) is 0 Å². The number of carbonyl (C=O) groups is 1. The number of carboxylic acids is 1. The van der Waals surface area contributed by atoms with Gasteiger partial charge in [-0.15, -0.1) is 0 Å². The predicted molar refractivity (Wildman–Crippen MR) is 66.1 cm³/mol. The van der Waals surface area contributed by atoms with Crippen molar-refractivity contribution in [2.75, 3.05) is 5.32 Å². The van der Waals surface area contributed by atoms with Crippen molar-refractivity contribution in [1.82, 2.24) is 0 Å². The van der Waals surface area contributed by atoms with E-state index in [0.717, 1.165) is 18.4 Å². The number of anilines is 1. The molecule has 1 atom stereocenters. The second-order valence-corrected chi connectivity index (χ2v) is 4.19. The molecule has 0 saturated carbocycles. The van der Waals surface area contributed by atoms with Crippen LogP contribution < -0.4 is 5.32 Å². The molecule has 1 rings (SSSR count). The number of carboxylic acid groups (broad SMARTS) is 1. The van der Waals surface area contributed by atoms with E-state index in [1.54, 1.807) is 6.07 Å². The quantitative estimate of drug-likeness (QED) is 0.802. The van der Waals surface area contributed by atoms with Gasteiger partial charge >= 0.3 is 5.97 Å². The van der Waals surface area contributed by atoms with Crippen LogP contribution in [-0.4, -0.2) is 17.1 Å². The Labute approximate surface area is 96.5 Å². The molecule has 0 aromatic heterocycles. The molecule has 3 heteroatoms. The van der Waals surface area contributed by atoms with Crippen LogP contribution in [-0.2, 0) is 0 Å². The normalized spacial score (nSPS) is 12.2. The first kappa shape index (κ1) is 12.6. The fourth-order valence-corrected chi connectivity index (χ4v) is 1.73. The van der Waals surface area contributed by atoms with Crippen molar-refractivity contribution in [1.29, 1.82) is 0 Å². The van der Waals surface area contributed by atoms with Gasteiger partial charge < -0.3 is 10.4 Å². The fraction of sp³-hybridized carbons (Fsp3) is 0.462. The number of hydrogen-bond acceptors (Lipinski definition) is 2. The molecule has 3 nitrogen and oxygen atoms in total. The van der Waals surface area contributed by atoms with E-state index in [4.69, 9.17) is 5.11 Å². The summed E-state index contributed by atoms with van der Waals surface area (Å²) in [6, 6.07) is 5.76. The SMILES string of the molecule is CCCC(C)Nc1ccc(C)cc1C(=O)O. The van der Waals surface area contributed by atoms with Crippen LogP contribution in [0.3, 0.4) is 0 Å². The first-order valence-corrected chi connectivity index (χ1v) is 5.65. The summed E-state index contributed by atoms with van der Waals surface area (Å²) >= 11 is 0. The maximum atomic E-state index is 11.1. The summed E-state index contributed by atoms with van der Waals surface area (Å²) in [5.74, 6) is -0.880. The zero-order valence-electron chi connectivity index (χ0n) is 10.1. The molecule has 0 radical (unpaired) electrons. The number of nitrogens with one attached hydrogen (secondary N) is 1. The lowest BCUT2D eigenvalue weighted by atomic mass is 10.1. The molecular weight excluding hydrogens is 202 g/mol. The lowest BCUT2D eigenvalue weighted by molar-refractivity contribution is 0.0698. The van der Waals surface area contributed by atoms with Gasteiger partial charge in [-0.3, -0.25) is 0 Å². The van der Waals surface area contributed by atoms with Crippen LogP contribution in [0, 0.1) is 6.92 Å². The first-order valence-electron chi connectivity index (χ1n) is 5.65. The van der Waals surface area contributed by atoms with Gasteiger partial charge in [0.1, 0.15) is 0 Å². The molecule has 1 aromatic rings. The number of hydrogen-bond donors (Lipinski definition) is 2. The van der Waals surface area contributed by atoms with Crippen molar-refractivity contribution < 1.29 is 9.90 Å². The molecule has 0 aliphatic carbocycles. The minimum atomic E-state index is -0.880. The summed E-state index contributed by atoms with van der Waals surface area (Å²) in [7, 11) is 0. The van der Waals surface area contributed by atoms with Crippen molar-refractivity contribution in [3.05, 3.63) is 29.3 Å². The molecule has 0 aliphatic rings. The minimum absolute atomic E-state index is 0.297. The van der Waals surface area contributed by atoms with Gasteiger partial charge in [-0.05, 0) is 32.4 Å². The van der Waals surface area contributed by atoms with Gasteiger partial charge in [0, 0.05) is 11.7 Å². The Morgan fingerprint density at radius 2 is 2.19 bits per heavy atom. The molecule has 16 heavy (non-hydrogen) atoms. The number of aromatic carboxylic acids is 1. The van der Waals surface area contributed by atoms with Crippen molar-refractivity contribution >= 4 is 11.7 Å². The first-order chi connectivity index (χ1) is 7.54. The van der Waals surface area contributed by atoms with E-state index < -0.39 is 5.97 Å². The van der Waals surface area contributed by atoms with Crippen LogP contribution in [0.5, 0.6) is 0 Å². The van der Waals surface area contributed by atoms with Gasteiger partial charge in [0.05, 0.1) is 5.56 Å². The fourth-order valence-electron chi connectivity index (χ4n) is 1.73. The molecule has 0 bridgehead atoms. The molecule has 1 unspecified atom stereocenters. The molecule has 0 fully saturated rings. The van der Waals surface area contributed by atoms with Crippen LogP contribution >= 0.6 is 0 Å². The van der Waals surface area contributed by atoms with E-state index in [1.807, 2.05) is 19.1 Å². The van der Waals surface area contributed by atoms with Gasteiger partial charge in [-0.25, -0.2) is 4.79 Å². The molecule has 88 valence electrons. The lowest BCUT2D eigenvalue weighted by Gasteiger charge is -2.16. The molecular formula is C13H19NO2. The van der Waals surface area contributed by atoms with Gasteiger partial charge in [-0.2, -0.15) is 0 Å². The Kier molecular flexibility index (Phi) is 4.35. The Balaban J connectivity index is 2.90. The summed E-state index contributed by atoms with van der Waals surface area (Å²) in [4.78, 5) is 11.1. The molecule has 0 saturated heterocycles. The maximum Gasteiger partial charge on any atom is 0.337 e. The Hall–Kier alpha value is -1.51. The average Bonchev–Trinajstić information content (AvgIpc) is 2.20. The monoisotopic (exact) mass is 221 g/mol. The maximum absolute atomic E-state index is 11.1. The summed E-state index contributed by atoms with van der Waals surface area (Å²) in [6.07, 6.45) is 2.12. The van der Waals surface area contributed by atoms with Crippen molar-refractivity contribution in [2.45, 2.75) is 39.7 Å². The third-order valence-corrected chi connectivity index (χ3v) is 2.53. The molecule has 2 N–H and O–H groups in total. The van der Waals surface area contributed by atoms with Crippen molar-refractivity contribution in [3.8, 4) is 0 Å².